The van der Waals surface area contributed by atoms with Crippen molar-refractivity contribution in [3.63, 3.8) is 0 Å². The van der Waals surface area contributed by atoms with Crippen LogP contribution in [-0.2, 0) is 20.4 Å². The van der Waals surface area contributed by atoms with Gasteiger partial charge in [0, 0.05) is 13.0 Å². The van der Waals surface area contributed by atoms with Crippen LogP contribution in [0.5, 0.6) is 11.8 Å². The van der Waals surface area contributed by atoms with Crippen LogP contribution in [0.25, 0.3) is 21.3 Å². The van der Waals surface area contributed by atoms with Gasteiger partial charge in [0.25, 0.3) is 0 Å². The Hall–Kier alpha value is -2.79. The Morgan fingerprint density at radius 3 is 2.37 bits per heavy atom. The molecule has 0 radical (unpaired) electrons. The van der Waals surface area contributed by atoms with E-state index in [4.69, 9.17) is 15.7 Å². The lowest BCUT2D eigenvalue weighted by Gasteiger charge is -2.37. The summed E-state index contributed by atoms with van der Waals surface area (Å²) in [5.41, 5.74) is 1.19. The second kappa shape index (κ2) is 7.60. The third-order valence-electron chi connectivity index (χ3n) is 8.55. The van der Waals surface area contributed by atoms with Gasteiger partial charge in [-0.1, -0.05) is 51.1 Å². The van der Waals surface area contributed by atoms with Crippen molar-refractivity contribution < 1.29 is 19.4 Å². The van der Waals surface area contributed by atoms with Crippen LogP contribution in [0.3, 0.4) is 0 Å². The van der Waals surface area contributed by atoms with Crippen LogP contribution >= 0.6 is 0 Å². The average Bonchev–Trinajstić information content (AvgIpc) is 3.37. The van der Waals surface area contributed by atoms with Crippen LogP contribution in [0.1, 0.15) is 58.1 Å². The molecule has 5 rings (SSSR count). The summed E-state index contributed by atoms with van der Waals surface area (Å²) < 4.78 is 14.6. The molecule has 2 aliphatic rings. The Bertz CT molecular complexity index is 1380. The minimum Gasteiger partial charge on any atom is -0.494 e. The van der Waals surface area contributed by atoms with E-state index in [1.165, 1.54) is 4.57 Å². The van der Waals surface area contributed by atoms with Crippen LogP contribution in [-0.4, -0.2) is 29.7 Å². The zero-order valence-corrected chi connectivity index (χ0v) is 22.4. The number of benzene rings is 2. The van der Waals surface area contributed by atoms with Gasteiger partial charge in [0.1, 0.15) is 5.60 Å². The summed E-state index contributed by atoms with van der Waals surface area (Å²) in [6.07, 6.45) is 2.16. The smallest absolute Gasteiger partial charge is 0.205 e. The molecule has 2 N–H and O–H groups in total. The van der Waals surface area contributed by atoms with Gasteiger partial charge in [0.15, 0.2) is 14.0 Å². The molecule has 0 amide bonds. The molecule has 0 saturated carbocycles. The first-order valence-electron chi connectivity index (χ1n) is 12.3. The molecule has 0 spiro atoms. The second-order valence-corrected chi connectivity index (χ2v) is 16.5. The minimum atomic E-state index is -1.93. The van der Waals surface area contributed by atoms with Crippen LogP contribution in [0.4, 0.5) is 5.69 Å². The van der Waals surface area contributed by atoms with Gasteiger partial charge in [0.05, 0.1) is 29.0 Å². The van der Waals surface area contributed by atoms with E-state index in [2.05, 4.69) is 38.7 Å². The molecule has 1 aromatic heterocycles. The number of hydrogen-bond donors (Lipinski definition) is 2. The van der Waals surface area contributed by atoms with Crippen molar-refractivity contribution in [3.8, 4) is 17.4 Å². The predicted molar refractivity (Wildman–Crippen MR) is 140 cm³/mol. The fourth-order valence-electron chi connectivity index (χ4n) is 5.58. The molecule has 2 atom stereocenters. The van der Waals surface area contributed by atoms with E-state index in [1.807, 2.05) is 31.2 Å². The lowest BCUT2D eigenvalue weighted by molar-refractivity contribution is -0.0881. The molecular formula is C28H34N2O4Si. The van der Waals surface area contributed by atoms with E-state index in [1.54, 1.807) is 12.1 Å². The molecule has 2 aromatic carbocycles. The zero-order valence-electron chi connectivity index (χ0n) is 21.4. The maximum Gasteiger partial charge on any atom is 0.205 e. The summed E-state index contributed by atoms with van der Waals surface area (Å²) >= 11 is 0. The second-order valence-electron chi connectivity index (χ2n) is 11.7. The Kier molecular flexibility index (Phi) is 5.20. The predicted octanol–water partition coefficient (Wildman–Crippen LogP) is 7.24. The normalized spacial score (nSPS) is 23.6. The zero-order chi connectivity index (χ0) is 25.4. The highest BCUT2D eigenvalue weighted by atomic mass is 28.4. The maximum atomic E-state index is 11.6. The summed E-state index contributed by atoms with van der Waals surface area (Å²) in [5, 5.41) is 24.8. The Labute approximate surface area is 208 Å². The number of nitrogens with zero attached hydrogens (tertiary/aromatic N) is 2. The monoisotopic (exact) mass is 490 g/mol. The SMILES string of the molecule is [C-]#[N+]c1ccc(-n2c(O)c3c(c2O)C2(CCO[Si](C)(C)C(C)(C)C)CCC3(C)O2)c2ccccc12. The number of fused-ring (bicyclic) bond motifs is 6. The van der Waals surface area contributed by atoms with Crippen molar-refractivity contribution in [2.45, 2.75) is 76.3 Å². The first-order chi connectivity index (χ1) is 16.4. The van der Waals surface area contributed by atoms with E-state index >= 15 is 0 Å². The average molecular weight is 491 g/mol. The fourth-order valence-corrected chi connectivity index (χ4v) is 6.63. The Balaban J connectivity index is 1.60. The molecular weight excluding hydrogens is 456 g/mol. The number of ether oxygens (including phenoxy) is 1. The van der Waals surface area contributed by atoms with E-state index in [0.717, 1.165) is 23.6 Å². The van der Waals surface area contributed by atoms with Gasteiger partial charge in [-0.25, -0.2) is 4.85 Å². The lowest BCUT2D eigenvalue weighted by Crippen LogP contribution is -2.41. The van der Waals surface area contributed by atoms with Gasteiger partial charge in [0.2, 0.25) is 11.8 Å². The standard InChI is InChI=1S/C28H34N2O4Si/c1-26(2,3)35(6,7)33-17-16-28-15-14-27(4,34-28)22-23(28)25(32)30(24(22)31)21-13-12-20(29-5)18-10-8-9-11-19(18)21/h8-13,31-32H,14-17H2,1-4,6-7H3. The van der Waals surface area contributed by atoms with Gasteiger partial charge in [-0.15, -0.1) is 0 Å². The summed E-state index contributed by atoms with van der Waals surface area (Å²) in [6, 6.07) is 11.1. The van der Waals surface area contributed by atoms with Crippen molar-refractivity contribution in [2.24, 2.45) is 0 Å². The Morgan fingerprint density at radius 2 is 1.71 bits per heavy atom. The van der Waals surface area contributed by atoms with E-state index < -0.39 is 19.5 Å². The molecule has 3 aromatic rings. The van der Waals surface area contributed by atoms with Crippen molar-refractivity contribution in [1.29, 1.82) is 0 Å². The molecule has 2 aliphatic heterocycles. The van der Waals surface area contributed by atoms with Gasteiger partial charge in [-0.2, -0.15) is 0 Å². The quantitative estimate of drug-likeness (QED) is 0.292. The van der Waals surface area contributed by atoms with Crippen molar-refractivity contribution in [3.05, 3.63) is 58.9 Å². The summed E-state index contributed by atoms with van der Waals surface area (Å²) in [7, 11) is -1.93. The van der Waals surface area contributed by atoms with Gasteiger partial charge in [-0.3, -0.25) is 4.57 Å². The molecule has 6 nitrogen and oxygen atoms in total. The number of hydrogen-bond acceptors (Lipinski definition) is 4. The van der Waals surface area contributed by atoms with E-state index in [0.29, 0.717) is 35.5 Å². The van der Waals surface area contributed by atoms with Gasteiger partial charge >= 0.3 is 0 Å². The fraction of sp³-hybridized carbons (Fsp3) is 0.464. The van der Waals surface area contributed by atoms with Crippen LogP contribution in [0.2, 0.25) is 18.1 Å². The molecule has 184 valence electrons. The molecule has 35 heavy (non-hydrogen) atoms. The molecule has 2 bridgehead atoms. The number of aromatic hydroxyl groups is 2. The summed E-state index contributed by atoms with van der Waals surface area (Å²) in [6.45, 7) is 21.2. The minimum absolute atomic E-state index is 0.00704. The van der Waals surface area contributed by atoms with E-state index in [9.17, 15) is 10.2 Å². The van der Waals surface area contributed by atoms with Crippen LogP contribution in [0.15, 0.2) is 36.4 Å². The highest BCUT2D eigenvalue weighted by molar-refractivity contribution is 6.74. The number of rotatable bonds is 5. The topological polar surface area (TPSA) is 68.2 Å². The largest absolute Gasteiger partial charge is 0.494 e. The number of aromatic nitrogens is 1. The lowest BCUT2D eigenvalue weighted by atomic mass is 9.78. The van der Waals surface area contributed by atoms with Crippen LogP contribution < -0.4 is 0 Å². The highest BCUT2D eigenvalue weighted by Crippen LogP contribution is 2.65. The molecule has 2 unspecified atom stereocenters. The summed E-state index contributed by atoms with van der Waals surface area (Å²) in [5.74, 6) is 0.0153. The third-order valence-corrected chi connectivity index (χ3v) is 13.1. The van der Waals surface area contributed by atoms with Gasteiger partial charge < -0.3 is 19.4 Å². The van der Waals surface area contributed by atoms with E-state index in [-0.39, 0.29) is 16.8 Å². The Morgan fingerprint density at radius 1 is 1.06 bits per heavy atom. The summed E-state index contributed by atoms with van der Waals surface area (Å²) in [4.78, 5) is 3.64. The van der Waals surface area contributed by atoms with Crippen molar-refractivity contribution >= 4 is 24.8 Å². The molecule has 7 heteroatoms. The maximum absolute atomic E-state index is 11.6. The van der Waals surface area contributed by atoms with Crippen molar-refractivity contribution in [1.82, 2.24) is 4.57 Å². The highest BCUT2D eigenvalue weighted by Gasteiger charge is 2.61. The molecule has 1 saturated heterocycles. The first kappa shape index (κ1) is 23.9. The molecule has 3 heterocycles. The van der Waals surface area contributed by atoms with Crippen LogP contribution in [0, 0.1) is 6.57 Å². The molecule has 0 aliphatic carbocycles. The molecule has 1 fully saturated rings. The van der Waals surface area contributed by atoms with Crippen molar-refractivity contribution in [2.75, 3.05) is 6.61 Å². The van der Waals surface area contributed by atoms with Gasteiger partial charge in [-0.05, 0) is 54.7 Å². The first-order valence-corrected chi connectivity index (χ1v) is 15.2. The third kappa shape index (κ3) is 3.35.